The molecule has 3 rings (SSSR count). The summed E-state index contributed by atoms with van der Waals surface area (Å²) in [5.41, 5.74) is 3.04. The summed E-state index contributed by atoms with van der Waals surface area (Å²) in [5, 5.41) is 0.735. The Hall–Kier alpha value is -1.49. The highest BCUT2D eigenvalue weighted by Crippen LogP contribution is 2.32. The second-order valence-electron chi connectivity index (χ2n) is 4.20. The quantitative estimate of drug-likeness (QED) is 0.798. The van der Waals surface area contributed by atoms with Crippen molar-refractivity contribution in [1.82, 2.24) is 9.97 Å². The predicted molar refractivity (Wildman–Crippen MR) is 71.8 cm³/mol. The Morgan fingerprint density at radius 3 is 2.78 bits per heavy atom. The van der Waals surface area contributed by atoms with Crippen LogP contribution >= 0.6 is 15.9 Å². The van der Waals surface area contributed by atoms with Gasteiger partial charge in [0, 0.05) is 24.3 Å². The van der Waals surface area contributed by atoms with E-state index in [0.717, 1.165) is 35.1 Å². The second-order valence-corrected chi connectivity index (χ2v) is 4.76. The van der Waals surface area contributed by atoms with Gasteiger partial charge < -0.3 is 4.90 Å². The molecule has 3 nitrogen and oxygen atoms in total. The highest BCUT2D eigenvalue weighted by Gasteiger charge is 2.22. The minimum Gasteiger partial charge on any atom is -0.310 e. The fourth-order valence-corrected chi connectivity index (χ4v) is 2.41. The van der Waals surface area contributed by atoms with Gasteiger partial charge in [-0.25, -0.2) is 14.4 Å². The van der Waals surface area contributed by atoms with Crippen molar-refractivity contribution in [3.8, 4) is 0 Å². The van der Waals surface area contributed by atoms with Crippen LogP contribution < -0.4 is 4.90 Å². The summed E-state index contributed by atoms with van der Waals surface area (Å²) >= 11 is 3.36. The van der Waals surface area contributed by atoms with Gasteiger partial charge >= 0.3 is 0 Å². The summed E-state index contributed by atoms with van der Waals surface area (Å²) in [5.74, 6) is 0.404. The van der Waals surface area contributed by atoms with Gasteiger partial charge in [-0.1, -0.05) is 22.0 Å². The number of rotatable bonds is 2. The van der Waals surface area contributed by atoms with Gasteiger partial charge in [0.15, 0.2) is 0 Å². The Kier molecular flexibility index (Phi) is 2.99. The molecule has 2 aromatic rings. The fourth-order valence-electron chi connectivity index (χ4n) is 2.12. The Labute approximate surface area is 113 Å². The number of alkyl halides is 1. The Balaban J connectivity index is 1.97. The third kappa shape index (κ3) is 1.99. The standard InChI is InChI=1S/C13H11BrFN3/c14-6-9-7-16-13(17-8-9)18-4-3-10-1-2-11(15)5-12(10)18/h1-2,5,7-8H,3-4,6H2. The third-order valence-corrected chi connectivity index (χ3v) is 3.68. The van der Waals surface area contributed by atoms with Gasteiger partial charge in [-0.3, -0.25) is 0 Å². The molecule has 18 heavy (non-hydrogen) atoms. The van der Waals surface area contributed by atoms with E-state index in [1.165, 1.54) is 6.07 Å². The number of hydrogen-bond donors (Lipinski definition) is 0. The van der Waals surface area contributed by atoms with Crippen molar-refractivity contribution in [3.05, 3.63) is 47.5 Å². The van der Waals surface area contributed by atoms with Crippen molar-refractivity contribution in [2.45, 2.75) is 11.8 Å². The maximum atomic E-state index is 13.3. The zero-order chi connectivity index (χ0) is 12.5. The lowest BCUT2D eigenvalue weighted by molar-refractivity contribution is 0.628. The van der Waals surface area contributed by atoms with Crippen molar-refractivity contribution in [3.63, 3.8) is 0 Å². The normalized spacial score (nSPS) is 13.8. The molecule has 2 heterocycles. The van der Waals surface area contributed by atoms with E-state index >= 15 is 0 Å². The van der Waals surface area contributed by atoms with Crippen LogP contribution in [0.15, 0.2) is 30.6 Å². The first-order valence-electron chi connectivity index (χ1n) is 5.71. The average molecular weight is 308 g/mol. The first-order chi connectivity index (χ1) is 8.78. The van der Waals surface area contributed by atoms with Gasteiger partial charge in [0.05, 0.1) is 5.69 Å². The minimum absolute atomic E-state index is 0.224. The van der Waals surface area contributed by atoms with E-state index in [9.17, 15) is 4.39 Å². The first-order valence-corrected chi connectivity index (χ1v) is 6.83. The zero-order valence-corrected chi connectivity index (χ0v) is 11.2. The van der Waals surface area contributed by atoms with Crippen LogP contribution in [0.2, 0.25) is 0 Å². The molecule has 5 heteroatoms. The number of nitrogens with zero attached hydrogens (tertiary/aromatic N) is 3. The SMILES string of the molecule is Fc1ccc2c(c1)N(c1ncc(CBr)cn1)CC2. The molecule has 0 saturated carbocycles. The van der Waals surface area contributed by atoms with Crippen molar-refractivity contribution in [1.29, 1.82) is 0 Å². The number of fused-ring (bicyclic) bond motifs is 1. The van der Waals surface area contributed by atoms with Crippen LogP contribution in [-0.2, 0) is 11.8 Å². The first kappa shape index (κ1) is 11.6. The zero-order valence-electron chi connectivity index (χ0n) is 9.61. The molecule has 0 saturated heterocycles. The van der Waals surface area contributed by atoms with Gasteiger partial charge in [-0.2, -0.15) is 0 Å². The average Bonchev–Trinajstić information content (AvgIpc) is 2.82. The maximum absolute atomic E-state index is 13.3. The molecule has 0 fully saturated rings. The van der Waals surface area contributed by atoms with Crippen LogP contribution in [0.4, 0.5) is 16.0 Å². The van der Waals surface area contributed by atoms with Gasteiger partial charge in [0.25, 0.3) is 0 Å². The molecule has 0 radical (unpaired) electrons. The second kappa shape index (κ2) is 4.65. The van der Waals surface area contributed by atoms with Crippen LogP contribution in [0, 0.1) is 5.82 Å². The summed E-state index contributed by atoms with van der Waals surface area (Å²) in [4.78, 5) is 10.6. The molecule has 0 amide bonds. The summed E-state index contributed by atoms with van der Waals surface area (Å²) in [6, 6.07) is 4.87. The van der Waals surface area contributed by atoms with E-state index in [1.54, 1.807) is 18.5 Å². The number of benzene rings is 1. The molecule has 1 aliphatic rings. The fraction of sp³-hybridized carbons (Fsp3) is 0.231. The van der Waals surface area contributed by atoms with Gasteiger partial charge in [-0.15, -0.1) is 0 Å². The van der Waals surface area contributed by atoms with E-state index in [-0.39, 0.29) is 5.82 Å². The summed E-state index contributed by atoms with van der Waals surface area (Å²) in [6.45, 7) is 0.798. The highest BCUT2D eigenvalue weighted by molar-refractivity contribution is 9.08. The van der Waals surface area contributed by atoms with Crippen LogP contribution in [0.25, 0.3) is 0 Å². The molecule has 0 atom stereocenters. The molecular formula is C13H11BrFN3. The van der Waals surface area contributed by atoms with Crippen LogP contribution in [0.3, 0.4) is 0 Å². The molecule has 0 unspecified atom stereocenters. The lowest BCUT2D eigenvalue weighted by Gasteiger charge is -2.16. The Morgan fingerprint density at radius 2 is 2.06 bits per heavy atom. The van der Waals surface area contributed by atoms with Crippen molar-refractivity contribution < 1.29 is 4.39 Å². The van der Waals surface area contributed by atoms with Gasteiger partial charge in [0.1, 0.15) is 5.82 Å². The van der Waals surface area contributed by atoms with Crippen LogP contribution in [0.1, 0.15) is 11.1 Å². The molecule has 0 aliphatic carbocycles. The molecule has 92 valence electrons. The van der Waals surface area contributed by atoms with E-state index < -0.39 is 0 Å². The van der Waals surface area contributed by atoms with Crippen LogP contribution in [0.5, 0.6) is 0 Å². The molecule has 1 aromatic carbocycles. The molecule has 0 N–H and O–H groups in total. The van der Waals surface area contributed by atoms with Crippen molar-refractivity contribution in [2.75, 3.05) is 11.4 Å². The van der Waals surface area contributed by atoms with E-state index in [2.05, 4.69) is 25.9 Å². The summed E-state index contributed by atoms with van der Waals surface area (Å²) < 4.78 is 13.3. The van der Waals surface area contributed by atoms with Crippen LogP contribution in [-0.4, -0.2) is 16.5 Å². The molecule has 1 aliphatic heterocycles. The predicted octanol–water partition coefficient (Wildman–Crippen LogP) is 3.20. The van der Waals surface area contributed by atoms with Crippen molar-refractivity contribution >= 4 is 27.6 Å². The smallest absolute Gasteiger partial charge is 0.229 e. The Bertz CT molecular complexity index is 571. The van der Waals surface area contributed by atoms with Gasteiger partial charge in [-0.05, 0) is 29.7 Å². The van der Waals surface area contributed by atoms with Gasteiger partial charge in [0.2, 0.25) is 5.95 Å². The topological polar surface area (TPSA) is 29.0 Å². The molecule has 0 spiro atoms. The van der Waals surface area contributed by atoms with E-state index in [4.69, 9.17) is 0 Å². The summed E-state index contributed by atoms with van der Waals surface area (Å²) in [7, 11) is 0. The van der Waals surface area contributed by atoms with E-state index in [0.29, 0.717) is 5.95 Å². The van der Waals surface area contributed by atoms with Crippen molar-refractivity contribution in [2.24, 2.45) is 0 Å². The minimum atomic E-state index is -0.224. The number of halogens is 2. The number of aromatic nitrogens is 2. The number of anilines is 2. The monoisotopic (exact) mass is 307 g/mol. The van der Waals surface area contributed by atoms with E-state index in [1.807, 2.05) is 11.0 Å². The highest BCUT2D eigenvalue weighted by atomic mass is 79.9. The number of hydrogen-bond acceptors (Lipinski definition) is 3. The largest absolute Gasteiger partial charge is 0.310 e. The molecule has 0 bridgehead atoms. The molecular weight excluding hydrogens is 297 g/mol. The third-order valence-electron chi connectivity index (χ3n) is 3.03. The Morgan fingerprint density at radius 1 is 1.28 bits per heavy atom. The maximum Gasteiger partial charge on any atom is 0.229 e. The lowest BCUT2D eigenvalue weighted by atomic mass is 10.2. The lowest BCUT2D eigenvalue weighted by Crippen LogP contribution is -2.16. The summed E-state index contributed by atoms with van der Waals surface area (Å²) in [6.07, 6.45) is 4.47. The molecule has 1 aromatic heterocycles.